The Kier molecular flexibility index (Phi) is 5.32. The number of rotatable bonds is 5. The van der Waals surface area contributed by atoms with Gasteiger partial charge in [0.1, 0.15) is 5.56 Å². The highest BCUT2D eigenvalue weighted by Crippen LogP contribution is 2.20. The Labute approximate surface area is 174 Å². The topological polar surface area (TPSA) is 59.3 Å². The number of amides is 1. The van der Waals surface area contributed by atoms with Gasteiger partial charge in [0, 0.05) is 29.4 Å². The molecule has 4 rings (SSSR count). The first kappa shape index (κ1) is 19.2. The summed E-state index contributed by atoms with van der Waals surface area (Å²) in [6.07, 6.45) is 2.36. The molecule has 1 amide bonds. The Morgan fingerprint density at radius 3 is 2.48 bits per heavy atom. The fourth-order valence-corrected chi connectivity index (χ4v) is 3.53. The quantitative estimate of drug-likeness (QED) is 0.532. The van der Waals surface area contributed by atoms with Gasteiger partial charge in [0.2, 0.25) is 0 Å². The molecule has 0 saturated heterocycles. The third-order valence-electron chi connectivity index (χ3n) is 5.04. The second-order valence-electron chi connectivity index (χ2n) is 7.03. The Morgan fingerprint density at radius 2 is 1.76 bits per heavy atom. The molecule has 0 spiro atoms. The second-order valence-corrected chi connectivity index (χ2v) is 7.46. The monoisotopic (exact) mass is 404 g/mol. The van der Waals surface area contributed by atoms with Gasteiger partial charge in [-0.2, -0.15) is 5.10 Å². The molecule has 5 nitrogen and oxygen atoms in total. The second kappa shape index (κ2) is 8.05. The lowest BCUT2D eigenvalue weighted by atomic mass is 10.0. The zero-order valence-electron chi connectivity index (χ0n) is 16.3. The minimum absolute atomic E-state index is 0.197. The summed E-state index contributed by atoms with van der Waals surface area (Å²) in [6.45, 7) is 4.41. The van der Waals surface area contributed by atoms with E-state index in [0.717, 1.165) is 28.9 Å². The highest BCUT2D eigenvalue weighted by molar-refractivity contribution is 6.30. The van der Waals surface area contributed by atoms with Crippen molar-refractivity contribution >= 4 is 23.2 Å². The molecule has 0 atom stereocenters. The van der Waals surface area contributed by atoms with E-state index in [1.165, 1.54) is 5.56 Å². The van der Waals surface area contributed by atoms with Gasteiger partial charge in [-0.25, -0.2) is 9.50 Å². The summed E-state index contributed by atoms with van der Waals surface area (Å²) < 4.78 is 1.75. The van der Waals surface area contributed by atoms with E-state index in [1.54, 1.807) is 22.8 Å². The van der Waals surface area contributed by atoms with Crippen molar-refractivity contribution < 1.29 is 4.79 Å². The van der Waals surface area contributed by atoms with E-state index in [9.17, 15) is 4.79 Å². The molecule has 0 radical (unpaired) electrons. The molecule has 0 fully saturated rings. The number of fused-ring (bicyclic) bond motifs is 1. The van der Waals surface area contributed by atoms with Crippen LogP contribution < -0.4 is 5.32 Å². The van der Waals surface area contributed by atoms with Crippen LogP contribution in [-0.4, -0.2) is 20.5 Å². The summed E-state index contributed by atoms with van der Waals surface area (Å²) in [6, 6.07) is 17.7. The molecule has 0 aliphatic carbocycles. The highest BCUT2D eigenvalue weighted by atomic mass is 35.5. The lowest BCUT2D eigenvalue weighted by Crippen LogP contribution is -2.23. The minimum atomic E-state index is -0.197. The lowest BCUT2D eigenvalue weighted by molar-refractivity contribution is 0.0952. The van der Waals surface area contributed by atoms with Crippen molar-refractivity contribution in [2.45, 2.75) is 26.8 Å². The number of nitrogens with zero attached hydrogens (tertiary/aromatic N) is 3. The van der Waals surface area contributed by atoms with Gasteiger partial charge in [0.15, 0.2) is 5.65 Å². The first-order valence-corrected chi connectivity index (χ1v) is 9.81. The fourth-order valence-electron chi connectivity index (χ4n) is 3.41. The maximum absolute atomic E-state index is 12.7. The van der Waals surface area contributed by atoms with Crippen molar-refractivity contribution in [2.75, 3.05) is 0 Å². The number of carbonyl (C=O) groups excluding carboxylic acids is 1. The number of benzene rings is 2. The van der Waals surface area contributed by atoms with Gasteiger partial charge >= 0.3 is 0 Å². The smallest absolute Gasteiger partial charge is 0.257 e. The molecule has 1 N–H and O–H groups in total. The summed E-state index contributed by atoms with van der Waals surface area (Å²) in [5.41, 5.74) is 6.26. The van der Waals surface area contributed by atoms with Crippen LogP contribution in [0.15, 0.2) is 60.8 Å². The number of halogens is 1. The number of aromatic nitrogens is 3. The van der Waals surface area contributed by atoms with Gasteiger partial charge in [-0.15, -0.1) is 0 Å². The molecule has 29 heavy (non-hydrogen) atoms. The standard InChI is InChI=1S/C23H21ClN4O/c1-15-20(12-17-6-4-3-5-7-17)16(2)28-22(27-15)21(14-26-28)23(29)25-13-18-8-10-19(24)11-9-18/h3-11,14H,12-13H2,1-2H3,(H,25,29). The van der Waals surface area contributed by atoms with Crippen LogP contribution in [0.4, 0.5) is 0 Å². The van der Waals surface area contributed by atoms with Gasteiger partial charge < -0.3 is 5.32 Å². The van der Waals surface area contributed by atoms with Gasteiger partial charge in [0.25, 0.3) is 5.91 Å². The molecule has 0 aliphatic heterocycles. The third kappa shape index (κ3) is 4.00. The SMILES string of the molecule is Cc1nc2c(C(=O)NCc3ccc(Cl)cc3)cnn2c(C)c1Cc1ccccc1. The van der Waals surface area contributed by atoms with Crippen LogP contribution >= 0.6 is 11.6 Å². The number of hydrogen-bond acceptors (Lipinski definition) is 3. The van der Waals surface area contributed by atoms with Crippen LogP contribution in [0, 0.1) is 13.8 Å². The van der Waals surface area contributed by atoms with Crippen molar-refractivity contribution in [1.29, 1.82) is 0 Å². The first-order chi connectivity index (χ1) is 14.0. The van der Waals surface area contributed by atoms with Gasteiger partial charge in [-0.1, -0.05) is 54.1 Å². The summed E-state index contributed by atoms with van der Waals surface area (Å²) in [5, 5.41) is 8.03. The molecule has 6 heteroatoms. The van der Waals surface area contributed by atoms with E-state index in [0.29, 0.717) is 22.8 Å². The summed E-state index contributed by atoms with van der Waals surface area (Å²) in [4.78, 5) is 17.4. The zero-order valence-corrected chi connectivity index (χ0v) is 17.1. The molecule has 2 aromatic heterocycles. The van der Waals surface area contributed by atoms with Crippen LogP contribution in [0.1, 0.15) is 38.4 Å². The minimum Gasteiger partial charge on any atom is -0.348 e. The fraction of sp³-hybridized carbons (Fsp3) is 0.174. The van der Waals surface area contributed by atoms with E-state index in [2.05, 4.69) is 22.5 Å². The first-order valence-electron chi connectivity index (χ1n) is 9.43. The van der Waals surface area contributed by atoms with Crippen LogP contribution in [0.25, 0.3) is 5.65 Å². The molecule has 0 bridgehead atoms. The van der Waals surface area contributed by atoms with Crippen molar-refractivity contribution in [1.82, 2.24) is 19.9 Å². The zero-order chi connectivity index (χ0) is 20.4. The normalized spacial score (nSPS) is 11.0. The number of aryl methyl sites for hydroxylation is 2. The number of hydrogen-bond donors (Lipinski definition) is 1. The average Bonchev–Trinajstić information content (AvgIpc) is 3.15. The third-order valence-corrected chi connectivity index (χ3v) is 5.30. The number of nitrogens with one attached hydrogen (secondary N) is 1. The summed E-state index contributed by atoms with van der Waals surface area (Å²) in [7, 11) is 0. The van der Waals surface area contributed by atoms with E-state index in [-0.39, 0.29) is 5.91 Å². The molecule has 4 aromatic rings. The summed E-state index contributed by atoms with van der Waals surface area (Å²) >= 11 is 5.91. The van der Waals surface area contributed by atoms with Crippen molar-refractivity contribution in [3.8, 4) is 0 Å². The molecule has 0 aliphatic rings. The Balaban J connectivity index is 1.59. The maximum atomic E-state index is 12.7. The average molecular weight is 405 g/mol. The number of carbonyl (C=O) groups is 1. The predicted molar refractivity (Wildman–Crippen MR) is 114 cm³/mol. The van der Waals surface area contributed by atoms with E-state index >= 15 is 0 Å². The van der Waals surface area contributed by atoms with E-state index < -0.39 is 0 Å². The van der Waals surface area contributed by atoms with Crippen molar-refractivity contribution in [3.05, 3.63) is 99.5 Å². The van der Waals surface area contributed by atoms with Crippen LogP contribution in [0.3, 0.4) is 0 Å². The predicted octanol–water partition coefficient (Wildman–Crippen LogP) is 4.52. The molecular formula is C23H21ClN4O. The Hall–Kier alpha value is -3.18. The van der Waals surface area contributed by atoms with E-state index in [1.807, 2.05) is 44.2 Å². The summed E-state index contributed by atoms with van der Waals surface area (Å²) in [5.74, 6) is -0.197. The largest absolute Gasteiger partial charge is 0.348 e. The molecule has 0 unspecified atom stereocenters. The molecule has 0 saturated carbocycles. The van der Waals surface area contributed by atoms with Crippen LogP contribution in [0.5, 0.6) is 0 Å². The van der Waals surface area contributed by atoms with Gasteiger partial charge in [-0.05, 0) is 42.7 Å². The Bertz CT molecular complexity index is 1170. The van der Waals surface area contributed by atoms with E-state index in [4.69, 9.17) is 16.6 Å². The lowest BCUT2D eigenvalue weighted by Gasteiger charge is -2.12. The van der Waals surface area contributed by atoms with Gasteiger partial charge in [0.05, 0.1) is 6.20 Å². The highest BCUT2D eigenvalue weighted by Gasteiger charge is 2.18. The van der Waals surface area contributed by atoms with Gasteiger partial charge in [-0.3, -0.25) is 4.79 Å². The van der Waals surface area contributed by atoms with Crippen molar-refractivity contribution in [3.63, 3.8) is 0 Å². The van der Waals surface area contributed by atoms with Crippen LogP contribution in [-0.2, 0) is 13.0 Å². The van der Waals surface area contributed by atoms with Crippen molar-refractivity contribution in [2.24, 2.45) is 0 Å². The maximum Gasteiger partial charge on any atom is 0.257 e. The Morgan fingerprint density at radius 1 is 1.03 bits per heavy atom. The molecule has 146 valence electrons. The molecule has 2 heterocycles. The molecular weight excluding hydrogens is 384 g/mol. The molecule has 2 aromatic carbocycles. The van der Waals surface area contributed by atoms with Crippen LogP contribution in [0.2, 0.25) is 5.02 Å².